The maximum Gasteiger partial charge on any atom is 0.0326 e. The lowest BCUT2D eigenvalue weighted by atomic mass is 9.77. The average Bonchev–Trinajstić information content (AvgIpc) is 3.33. The van der Waals surface area contributed by atoms with Crippen LogP contribution in [0.25, 0.3) is 11.1 Å². The van der Waals surface area contributed by atoms with Crippen LogP contribution in [0.3, 0.4) is 0 Å². The van der Waals surface area contributed by atoms with Crippen LogP contribution in [0.15, 0.2) is 22.8 Å². The van der Waals surface area contributed by atoms with E-state index in [0.29, 0.717) is 11.8 Å². The summed E-state index contributed by atoms with van der Waals surface area (Å²) in [5, 5.41) is 0. The summed E-state index contributed by atoms with van der Waals surface area (Å²) in [5.74, 6) is 0.910. The van der Waals surface area contributed by atoms with Gasteiger partial charge in [-0.1, -0.05) is 51.8 Å². The summed E-state index contributed by atoms with van der Waals surface area (Å²) < 4.78 is 0. The molecule has 0 nitrogen and oxygen atoms in total. The van der Waals surface area contributed by atoms with Gasteiger partial charge in [0.15, 0.2) is 0 Å². The molecule has 2 aromatic carbocycles. The predicted molar refractivity (Wildman–Crippen MR) is 146 cm³/mol. The number of allylic oxidation sites excluding steroid dienone is 4. The van der Waals surface area contributed by atoms with Crippen LogP contribution < -0.4 is 0 Å². The van der Waals surface area contributed by atoms with E-state index < -0.39 is 0 Å². The number of benzene rings is 2. The predicted octanol–water partition coefficient (Wildman–Crippen LogP) is 9.60. The highest BCUT2D eigenvalue weighted by Crippen LogP contribution is 2.58. The molecule has 0 saturated heterocycles. The lowest BCUT2D eigenvalue weighted by molar-refractivity contribution is 0.492. The van der Waals surface area contributed by atoms with Crippen LogP contribution in [0.1, 0.15) is 103 Å². The van der Waals surface area contributed by atoms with Gasteiger partial charge in [0.2, 0.25) is 0 Å². The van der Waals surface area contributed by atoms with Gasteiger partial charge in [0.05, 0.1) is 0 Å². The second-order valence-electron chi connectivity index (χ2n) is 12.2. The molecule has 2 aliphatic rings. The number of hydrogen-bond acceptors (Lipinski definition) is 0. The van der Waals surface area contributed by atoms with Crippen LogP contribution in [0.4, 0.5) is 0 Å². The van der Waals surface area contributed by atoms with Crippen molar-refractivity contribution >= 4 is 0 Å². The Morgan fingerprint density at radius 2 is 1.03 bits per heavy atom. The Balaban J connectivity index is 2.15. The smallest absolute Gasteiger partial charge is 0.0326 e. The van der Waals surface area contributed by atoms with Crippen molar-refractivity contribution < 1.29 is 0 Å². The lowest BCUT2D eigenvalue weighted by Crippen LogP contribution is -2.12. The standard InChI is InChI=1S/C33H44/c1-16(2)26-14-25(33(11,12)13)15-27(26)32-30-23(9)19(5)17(3)21(7)28(30)29-22(8)18(4)20(6)24(10)31(29)32/h14,16,32H,15H2,1-13H3. The Hall–Kier alpha value is -2.08. The van der Waals surface area contributed by atoms with Gasteiger partial charge in [-0.05, 0) is 145 Å². The zero-order valence-electron chi connectivity index (χ0n) is 23.4. The molecule has 4 rings (SSSR count). The first-order chi connectivity index (χ1) is 15.2. The molecule has 2 aromatic rings. The second-order valence-corrected chi connectivity index (χ2v) is 12.2. The molecule has 0 amide bonds. The SMILES string of the molecule is Cc1c(C)c(C)c2c(c1C)-c1c(C)c(C)c(C)c(C)c1C2C1=C(C(C)C)C=C(C(C)(C)C)C1. The van der Waals surface area contributed by atoms with Crippen molar-refractivity contribution in [3.63, 3.8) is 0 Å². The first kappa shape index (κ1) is 24.1. The average molecular weight is 441 g/mol. The molecule has 0 saturated carbocycles. The Morgan fingerprint density at radius 3 is 1.39 bits per heavy atom. The molecule has 0 atom stereocenters. The van der Waals surface area contributed by atoms with E-state index in [1.54, 1.807) is 39.0 Å². The normalized spacial score (nSPS) is 16.1. The van der Waals surface area contributed by atoms with Crippen LogP contribution >= 0.6 is 0 Å². The van der Waals surface area contributed by atoms with Crippen molar-refractivity contribution in [2.24, 2.45) is 11.3 Å². The summed E-state index contributed by atoms with van der Waals surface area (Å²) in [4.78, 5) is 0. The van der Waals surface area contributed by atoms with E-state index in [1.807, 2.05) is 0 Å². The largest absolute Gasteiger partial charge is 0.0605 e. The van der Waals surface area contributed by atoms with Gasteiger partial charge < -0.3 is 0 Å². The van der Waals surface area contributed by atoms with Gasteiger partial charge in [0.25, 0.3) is 0 Å². The van der Waals surface area contributed by atoms with Gasteiger partial charge in [0, 0.05) is 5.92 Å². The first-order valence-corrected chi connectivity index (χ1v) is 12.8. The summed E-state index contributed by atoms with van der Waals surface area (Å²) in [6.45, 7) is 30.7. The van der Waals surface area contributed by atoms with Gasteiger partial charge in [-0.25, -0.2) is 0 Å². The molecule has 0 bridgehead atoms. The van der Waals surface area contributed by atoms with E-state index in [2.05, 4.69) is 96.1 Å². The van der Waals surface area contributed by atoms with Crippen molar-refractivity contribution in [3.05, 3.63) is 78.4 Å². The lowest BCUT2D eigenvalue weighted by Gasteiger charge is -2.27. The molecule has 0 spiro atoms. The highest BCUT2D eigenvalue weighted by Gasteiger charge is 2.41. The minimum Gasteiger partial charge on any atom is -0.0605 e. The zero-order valence-corrected chi connectivity index (χ0v) is 23.4. The van der Waals surface area contributed by atoms with E-state index in [9.17, 15) is 0 Å². The van der Waals surface area contributed by atoms with Crippen molar-refractivity contribution in [2.45, 2.75) is 102 Å². The molecule has 0 unspecified atom stereocenters. The molecule has 0 heterocycles. The molecule has 0 aromatic heterocycles. The van der Waals surface area contributed by atoms with E-state index in [-0.39, 0.29) is 5.41 Å². The summed E-state index contributed by atoms with van der Waals surface area (Å²) in [6, 6.07) is 0. The second kappa shape index (κ2) is 7.72. The van der Waals surface area contributed by atoms with Crippen LogP contribution in [0.2, 0.25) is 0 Å². The quantitative estimate of drug-likeness (QED) is 0.436. The third-order valence-electron chi connectivity index (χ3n) is 9.31. The monoisotopic (exact) mass is 440 g/mol. The van der Waals surface area contributed by atoms with E-state index >= 15 is 0 Å². The molecule has 0 fully saturated rings. The fraction of sp³-hybridized carbons (Fsp3) is 0.515. The highest BCUT2D eigenvalue weighted by atomic mass is 14.4. The van der Waals surface area contributed by atoms with E-state index in [0.717, 1.165) is 6.42 Å². The summed E-state index contributed by atoms with van der Waals surface area (Å²) in [7, 11) is 0. The Bertz CT molecular complexity index is 1180. The van der Waals surface area contributed by atoms with Crippen molar-refractivity contribution in [1.29, 1.82) is 0 Å². The summed E-state index contributed by atoms with van der Waals surface area (Å²) >= 11 is 0. The maximum absolute atomic E-state index is 2.56. The minimum absolute atomic E-state index is 0.203. The van der Waals surface area contributed by atoms with Crippen LogP contribution in [-0.4, -0.2) is 0 Å². The Labute approximate surface area is 203 Å². The third-order valence-corrected chi connectivity index (χ3v) is 9.31. The molecule has 0 radical (unpaired) electrons. The Morgan fingerprint density at radius 1 is 0.636 bits per heavy atom. The van der Waals surface area contributed by atoms with Crippen LogP contribution in [-0.2, 0) is 0 Å². The van der Waals surface area contributed by atoms with Gasteiger partial charge >= 0.3 is 0 Å². The highest BCUT2D eigenvalue weighted by molar-refractivity contribution is 5.90. The van der Waals surface area contributed by atoms with Gasteiger partial charge in [0.1, 0.15) is 0 Å². The molecular weight excluding hydrogens is 396 g/mol. The number of hydrogen-bond donors (Lipinski definition) is 0. The topological polar surface area (TPSA) is 0 Å². The molecule has 0 aliphatic heterocycles. The molecule has 33 heavy (non-hydrogen) atoms. The van der Waals surface area contributed by atoms with Gasteiger partial charge in [-0.2, -0.15) is 0 Å². The van der Waals surface area contributed by atoms with Crippen molar-refractivity contribution in [3.8, 4) is 11.1 Å². The molecule has 2 aliphatic carbocycles. The fourth-order valence-electron chi connectivity index (χ4n) is 6.47. The van der Waals surface area contributed by atoms with Crippen LogP contribution in [0.5, 0.6) is 0 Å². The summed E-state index contributed by atoms with van der Waals surface area (Å²) in [6.07, 6.45) is 3.67. The van der Waals surface area contributed by atoms with Gasteiger partial charge in [-0.15, -0.1) is 0 Å². The first-order valence-electron chi connectivity index (χ1n) is 12.8. The maximum atomic E-state index is 2.56. The molecule has 0 heteroatoms. The van der Waals surface area contributed by atoms with Crippen LogP contribution in [0, 0.1) is 66.7 Å². The van der Waals surface area contributed by atoms with Crippen molar-refractivity contribution in [2.75, 3.05) is 0 Å². The summed E-state index contributed by atoms with van der Waals surface area (Å²) in [5.41, 5.74) is 23.1. The number of rotatable bonds is 2. The molecular formula is C33H44. The number of fused-ring (bicyclic) bond motifs is 3. The minimum atomic E-state index is 0.203. The third kappa shape index (κ3) is 3.31. The zero-order chi connectivity index (χ0) is 24.7. The molecule has 176 valence electrons. The fourth-order valence-corrected chi connectivity index (χ4v) is 6.47. The van der Waals surface area contributed by atoms with E-state index in [4.69, 9.17) is 0 Å². The molecule has 0 N–H and O–H groups in total. The van der Waals surface area contributed by atoms with E-state index in [1.165, 1.54) is 44.5 Å². The van der Waals surface area contributed by atoms with Crippen molar-refractivity contribution in [1.82, 2.24) is 0 Å². The Kier molecular flexibility index (Phi) is 5.63. The van der Waals surface area contributed by atoms with Gasteiger partial charge in [-0.3, -0.25) is 0 Å².